The first kappa shape index (κ1) is 22.1. The Morgan fingerprint density at radius 1 is 0.962 bits per heavy atom. The van der Waals surface area contributed by atoms with E-state index in [-0.39, 0.29) is 18.4 Å². The van der Waals surface area contributed by atoms with E-state index in [1.54, 1.807) is 0 Å². The Labute approximate surface area is 153 Å². The Morgan fingerprint density at radius 3 is 2.19 bits per heavy atom. The van der Waals surface area contributed by atoms with Crippen LogP contribution in [0.25, 0.3) is 0 Å². The number of hydrogen-bond donors (Lipinski definition) is 0. The van der Waals surface area contributed by atoms with Crippen LogP contribution >= 0.6 is 0 Å². The molecule has 146 valence electrons. The first-order valence-corrected chi connectivity index (χ1v) is 9.24. The molecule has 1 rings (SSSR count). The van der Waals surface area contributed by atoms with Crippen molar-refractivity contribution in [1.82, 2.24) is 0 Å². The number of rotatable bonds is 12. The Hall–Kier alpha value is -1.98. The molecule has 0 N–H and O–H groups in total. The van der Waals surface area contributed by atoms with Crippen molar-refractivity contribution in [1.29, 1.82) is 0 Å². The summed E-state index contributed by atoms with van der Waals surface area (Å²) in [4.78, 5) is 23.4. The zero-order chi connectivity index (χ0) is 19.4. The average Bonchev–Trinajstić information content (AvgIpc) is 2.59. The summed E-state index contributed by atoms with van der Waals surface area (Å²) < 4.78 is 37.3. The number of halogens is 2. The van der Waals surface area contributed by atoms with Crippen LogP contribution in [0.1, 0.15) is 76.9 Å². The number of esters is 2. The third-order valence-electron chi connectivity index (χ3n) is 4.01. The topological polar surface area (TPSA) is 52.6 Å². The molecule has 0 radical (unpaired) electrons. The second-order valence-corrected chi connectivity index (χ2v) is 6.26. The summed E-state index contributed by atoms with van der Waals surface area (Å²) in [6, 6.07) is 3.44. The molecule has 0 aromatic heterocycles. The van der Waals surface area contributed by atoms with Crippen molar-refractivity contribution in [2.24, 2.45) is 0 Å². The lowest BCUT2D eigenvalue weighted by atomic mass is 10.1. The number of ether oxygens (including phenoxy) is 2. The van der Waals surface area contributed by atoms with Gasteiger partial charge in [0, 0.05) is 0 Å². The van der Waals surface area contributed by atoms with Gasteiger partial charge in [0.05, 0.1) is 25.0 Å². The van der Waals surface area contributed by atoms with Crippen LogP contribution in [0.5, 0.6) is 0 Å². The van der Waals surface area contributed by atoms with Crippen LogP contribution in [0, 0.1) is 11.6 Å². The van der Waals surface area contributed by atoms with E-state index in [4.69, 9.17) is 9.47 Å². The number of benzene rings is 1. The van der Waals surface area contributed by atoms with Crippen molar-refractivity contribution in [2.45, 2.75) is 71.3 Å². The summed E-state index contributed by atoms with van der Waals surface area (Å²) in [5.74, 6) is -2.72. The molecule has 0 amide bonds. The highest BCUT2D eigenvalue weighted by Gasteiger charge is 2.20. The van der Waals surface area contributed by atoms with Gasteiger partial charge in [0.15, 0.2) is 0 Å². The van der Waals surface area contributed by atoms with Crippen LogP contribution in [0.4, 0.5) is 8.78 Å². The van der Waals surface area contributed by atoms with Crippen LogP contribution in [0.15, 0.2) is 18.2 Å². The van der Waals surface area contributed by atoms with Crippen molar-refractivity contribution in [3.05, 3.63) is 35.4 Å². The molecule has 0 aliphatic heterocycles. The summed E-state index contributed by atoms with van der Waals surface area (Å²) in [5, 5.41) is 0. The zero-order valence-electron chi connectivity index (χ0n) is 15.6. The normalized spacial score (nSPS) is 11.8. The monoisotopic (exact) mass is 370 g/mol. The molecule has 1 aromatic rings. The summed E-state index contributed by atoms with van der Waals surface area (Å²) >= 11 is 0. The molecule has 0 fully saturated rings. The van der Waals surface area contributed by atoms with E-state index in [0.717, 1.165) is 31.4 Å². The third-order valence-corrected chi connectivity index (χ3v) is 4.01. The number of hydrogen-bond acceptors (Lipinski definition) is 4. The lowest BCUT2D eigenvalue weighted by Crippen LogP contribution is -2.14. The number of carbonyl (C=O) groups excluding carboxylic acids is 2. The lowest BCUT2D eigenvalue weighted by molar-refractivity contribution is -0.153. The van der Waals surface area contributed by atoms with Crippen LogP contribution in [-0.4, -0.2) is 18.5 Å². The first-order chi connectivity index (χ1) is 12.5. The minimum Gasteiger partial charge on any atom is -0.466 e. The number of unbranched alkanes of at least 4 members (excludes halogenated alkanes) is 5. The third kappa shape index (κ3) is 8.41. The SMILES string of the molecule is CCCCCCCCOC(=O)CCC(=O)OC(C)c1c(F)cccc1F. The lowest BCUT2D eigenvalue weighted by Gasteiger charge is -2.15. The van der Waals surface area contributed by atoms with Crippen molar-refractivity contribution < 1.29 is 27.8 Å². The van der Waals surface area contributed by atoms with Crippen LogP contribution in [0.2, 0.25) is 0 Å². The molecule has 0 aliphatic rings. The highest BCUT2D eigenvalue weighted by atomic mass is 19.1. The minimum atomic E-state index is -1.07. The average molecular weight is 370 g/mol. The molecule has 0 spiro atoms. The summed E-state index contributed by atoms with van der Waals surface area (Å²) in [6.45, 7) is 3.88. The van der Waals surface area contributed by atoms with Gasteiger partial charge in [0.1, 0.15) is 17.7 Å². The fraction of sp³-hybridized carbons (Fsp3) is 0.600. The quantitative estimate of drug-likeness (QED) is 0.372. The van der Waals surface area contributed by atoms with Gasteiger partial charge < -0.3 is 9.47 Å². The van der Waals surface area contributed by atoms with Gasteiger partial charge in [0.2, 0.25) is 0 Å². The van der Waals surface area contributed by atoms with E-state index in [2.05, 4.69) is 6.92 Å². The van der Waals surface area contributed by atoms with Gasteiger partial charge in [-0.1, -0.05) is 45.1 Å². The van der Waals surface area contributed by atoms with E-state index in [1.165, 1.54) is 32.3 Å². The second kappa shape index (κ2) is 12.4. The summed E-state index contributed by atoms with van der Waals surface area (Å²) in [6.07, 6.45) is 5.19. The van der Waals surface area contributed by atoms with Crippen LogP contribution in [0.3, 0.4) is 0 Å². The zero-order valence-corrected chi connectivity index (χ0v) is 15.6. The fourth-order valence-corrected chi connectivity index (χ4v) is 2.56. The minimum absolute atomic E-state index is 0.110. The van der Waals surface area contributed by atoms with E-state index in [0.29, 0.717) is 6.61 Å². The predicted molar refractivity (Wildman–Crippen MR) is 94.4 cm³/mol. The van der Waals surface area contributed by atoms with Crippen molar-refractivity contribution in [3.8, 4) is 0 Å². The van der Waals surface area contributed by atoms with Crippen LogP contribution in [-0.2, 0) is 19.1 Å². The molecule has 1 aromatic carbocycles. The van der Waals surface area contributed by atoms with E-state index in [9.17, 15) is 18.4 Å². The molecule has 0 heterocycles. The molecule has 0 aliphatic carbocycles. The Bertz CT molecular complexity index is 555. The molecular weight excluding hydrogens is 342 g/mol. The van der Waals surface area contributed by atoms with Gasteiger partial charge in [-0.15, -0.1) is 0 Å². The molecule has 0 saturated heterocycles. The van der Waals surface area contributed by atoms with E-state index in [1.807, 2.05) is 0 Å². The maximum atomic E-state index is 13.6. The largest absolute Gasteiger partial charge is 0.466 e. The molecule has 0 bridgehead atoms. The van der Waals surface area contributed by atoms with Crippen molar-refractivity contribution >= 4 is 11.9 Å². The first-order valence-electron chi connectivity index (χ1n) is 9.24. The van der Waals surface area contributed by atoms with Gasteiger partial charge >= 0.3 is 11.9 Å². The second-order valence-electron chi connectivity index (χ2n) is 6.26. The van der Waals surface area contributed by atoms with Gasteiger partial charge in [0.25, 0.3) is 0 Å². The van der Waals surface area contributed by atoms with Gasteiger partial charge in [-0.2, -0.15) is 0 Å². The highest BCUT2D eigenvalue weighted by Crippen LogP contribution is 2.23. The van der Waals surface area contributed by atoms with Gasteiger partial charge in [-0.25, -0.2) is 8.78 Å². The smallest absolute Gasteiger partial charge is 0.306 e. The maximum absolute atomic E-state index is 13.6. The van der Waals surface area contributed by atoms with Crippen LogP contribution < -0.4 is 0 Å². The Balaban J connectivity index is 2.22. The van der Waals surface area contributed by atoms with Crippen molar-refractivity contribution in [2.75, 3.05) is 6.61 Å². The molecule has 6 heteroatoms. The highest BCUT2D eigenvalue weighted by molar-refractivity contribution is 5.77. The molecular formula is C20H28F2O4. The molecule has 1 unspecified atom stereocenters. The predicted octanol–water partition coefficient (Wildman–Crippen LogP) is 5.25. The summed E-state index contributed by atoms with van der Waals surface area (Å²) in [7, 11) is 0. The Kier molecular flexibility index (Phi) is 10.5. The van der Waals surface area contributed by atoms with Crippen molar-refractivity contribution in [3.63, 3.8) is 0 Å². The number of carbonyl (C=O) groups is 2. The molecule has 4 nitrogen and oxygen atoms in total. The standard InChI is InChI=1S/C20H28F2O4/c1-3-4-5-6-7-8-14-25-18(23)12-13-19(24)26-15(2)20-16(21)10-9-11-17(20)22/h9-11,15H,3-8,12-14H2,1-2H3. The van der Waals surface area contributed by atoms with E-state index >= 15 is 0 Å². The van der Waals surface area contributed by atoms with Gasteiger partial charge in [-0.05, 0) is 25.5 Å². The Morgan fingerprint density at radius 2 is 1.54 bits per heavy atom. The molecule has 1 atom stereocenters. The summed E-state index contributed by atoms with van der Waals surface area (Å²) in [5.41, 5.74) is -0.300. The maximum Gasteiger partial charge on any atom is 0.306 e. The molecule has 26 heavy (non-hydrogen) atoms. The fourth-order valence-electron chi connectivity index (χ4n) is 2.56. The van der Waals surface area contributed by atoms with E-state index < -0.39 is 29.7 Å². The van der Waals surface area contributed by atoms with Gasteiger partial charge in [-0.3, -0.25) is 9.59 Å². The molecule has 0 saturated carbocycles.